The summed E-state index contributed by atoms with van der Waals surface area (Å²) in [6.45, 7) is 4.06. The third-order valence-corrected chi connectivity index (χ3v) is 5.19. The lowest BCUT2D eigenvalue weighted by Crippen LogP contribution is -2.22. The van der Waals surface area contributed by atoms with Crippen molar-refractivity contribution >= 4 is 35.3 Å². The van der Waals surface area contributed by atoms with Crippen molar-refractivity contribution in [3.63, 3.8) is 0 Å². The van der Waals surface area contributed by atoms with Crippen LogP contribution in [-0.4, -0.2) is 37.6 Å². The number of aromatic nitrogens is 4. The molecule has 3 aromatic heterocycles. The standard InChI is InChI=1S/C21H22N8O2/c1-11-5-6-22-15(7-11)12(2)24-17-9-18(25-14-3-4-14)29-19(27-17)13(10-23-29)8-16-20(30)28-21(31)26-16/h5-10,12,14,25H,3-4H2,1-2H3,(H,24,27)(H2,26,28,30,31)/b16-8-. The highest BCUT2D eigenvalue weighted by atomic mass is 16.2. The Morgan fingerprint density at radius 1 is 1.26 bits per heavy atom. The molecule has 0 aromatic carbocycles. The second-order valence-corrected chi connectivity index (χ2v) is 7.87. The lowest BCUT2D eigenvalue weighted by Gasteiger charge is -2.16. The molecular formula is C21H22N8O2. The number of carbonyl (C=O) groups is 2. The van der Waals surface area contributed by atoms with E-state index < -0.39 is 11.9 Å². The molecule has 1 saturated carbocycles. The number of carbonyl (C=O) groups excluding carboxylic acids is 2. The highest BCUT2D eigenvalue weighted by Crippen LogP contribution is 2.28. The van der Waals surface area contributed by atoms with E-state index in [4.69, 9.17) is 4.98 Å². The van der Waals surface area contributed by atoms with E-state index in [0.717, 1.165) is 29.9 Å². The molecule has 0 radical (unpaired) electrons. The molecule has 1 saturated heterocycles. The highest BCUT2D eigenvalue weighted by molar-refractivity contribution is 6.14. The summed E-state index contributed by atoms with van der Waals surface area (Å²) in [6.07, 6.45) is 7.22. The normalized spacial score (nSPS) is 18.2. The molecule has 4 heterocycles. The minimum absolute atomic E-state index is 0.0618. The van der Waals surface area contributed by atoms with Gasteiger partial charge in [0.2, 0.25) is 0 Å². The summed E-state index contributed by atoms with van der Waals surface area (Å²) >= 11 is 0. The van der Waals surface area contributed by atoms with Crippen molar-refractivity contribution in [2.45, 2.75) is 38.8 Å². The Bertz CT molecular complexity index is 1230. The molecular weight excluding hydrogens is 396 g/mol. The summed E-state index contributed by atoms with van der Waals surface area (Å²) in [5, 5.41) is 16.0. The summed E-state index contributed by atoms with van der Waals surface area (Å²) in [7, 11) is 0. The van der Waals surface area contributed by atoms with Crippen LogP contribution in [0.5, 0.6) is 0 Å². The minimum Gasteiger partial charge on any atom is -0.367 e. The maximum absolute atomic E-state index is 11.9. The molecule has 158 valence electrons. The van der Waals surface area contributed by atoms with Gasteiger partial charge < -0.3 is 16.0 Å². The molecule has 4 N–H and O–H groups in total. The summed E-state index contributed by atoms with van der Waals surface area (Å²) in [5.41, 5.74) is 3.41. The van der Waals surface area contributed by atoms with Crippen molar-refractivity contribution < 1.29 is 9.59 Å². The molecule has 3 aromatic rings. The first-order valence-corrected chi connectivity index (χ1v) is 10.1. The van der Waals surface area contributed by atoms with Crippen LogP contribution in [0.2, 0.25) is 0 Å². The van der Waals surface area contributed by atoms with Crippen LogP contribution in [0, 0.1) is 6.92 Å². The Morgan fingerprint density at radius 2 is 2.10 bits per heavy atom. The Morgan fingerprint density at radius 3 is 2.81 bits per heavy atom. The van der Waals surface area contributed by atoms with Crippen LogP contribution in [0.15, 0.2) is 36.3 Å². The molecule has 0 spiro atoms. The maximum atomic E-state index is 11.9. The van der Waals surface area contributed by atoms with E-state index in [0.29, 0.717) is 23.1 Å². The van der Waals surface area contributed by atoms with Gasteiger partial charge in [-0.05, 0) is 50.5 Å². The SMILES string of the molecule is Cc1ccnc(C(C)Nc2cc(NC3CC3)n3ncc(/C=C4\NC(=O)NC4=O)c3n2)c1. The van der Waals surface area contributed by atoms with Gasteiger partial charge in [0, 0.05) is 23.9 Å². The Balaban J connectivity index is 1.53. The number of hydrogen-bond donors (Lipinski definition) is 4. The van der Waals surface area contributed by atoms with Gasteiger partial charge in [0.25, 0.3) is 5.91 Å². The second-order valence-electron chi connectivity index (χ2n) is 7.87. The summed E-state index contributed by atoms with van der Waals surface area (Å²) < 4.78 is 1.71. The molecule has 10 heteroatoms. The van der Waals surface area contributed by atoms with Crippen molar-refractivity contribution in [2.75, 3.05) is 10.6 Å². The van der Waals surface area contributed by atoms with E-state index in [-0.39, 0.29) is 11.7 Å². The van der Waals surface area contributed by atoms with Crippen LogP contribution >= 0.6 is 0 Å². The van der Waals surface area contributed by atoms with Gasteiger partial charge in [0.15, 0.2) is 5.65 Å². The lowest BCUT2D eigenvalue weighted by molar-refractivity contribution is -0.115. The second kappa shape index (κ2) is 7.38. The van der Waals surface area contributed by atoms with Crippen LogP contribution < -0.4 is 21.3 Å². The molecule has 31 heavy (non-hydrogen) atoms. The minimum atomic E-state index is -0.543. The maximum Gasteiger partial charge on any atom is 0.326 e. The number of nitrogens with one attached hydrogen (secondary N) is 4. The van der Waals surface area contributed by atoms with Gasteiger partial charge in [-0.1, -0.05) is 0 Å². The molecule has 0 bridgehead atoms. The molecule has 2 fully saturated rings. The van der Waals surface area contributed by atoms with Gasteiger partial charge in [-0.15, -0.1) is 0 Å². The number of pyridine rings is 1. The average Bonchev–Trinajstić information content (AvgIpc) is 3.37. The Hall–Kier alpha value is -3.95. The van der Waals surface area contributed by atoms with Crippen molar-refractivity contribution in [3.05, 3.63) is 53.1 Å². The van der Waals surface area contributed by atoms with E-state index in [9.17, 15) is 9.59 Å². The number of amides is 3. The van der Waals surface area contributed by atoms with Gasteiger partial charge in [-0.25, -0.2) is 9.78 Å². The van der Waals surface area contributed by atoms with Crippen LogP contribution in [0.4, 0.5) is 16.4 Å². The van der Waals surface area contributed by atoms with Gasteiger partial charge in [-0.3, -0.25) is 15.1 Å². The molecule has 1 atom stereocenters. The molecule has 1 unspecified atom stereocenters. The number of imide groups is 1. The van der Waals surface area contributed by atoms with E-state index in [1.807, 2.05) is 32.0 Å². The molecule has 1 aliphatic heterocycles. The molecule has 10 nitrogen and oxygen atoms in total. The van der Waals surface area contributed by atoms with Crippen molar-refractivity contribution in [2.24, 2.45) is 0 Å². The summed E-state index contributed by atoms with van der Waals surface area (Å²) in [4.78, 5) is 32.5. The zero-order valence-corrected chi connectivity index (χ0v) is 17.1. The number of hydrogen-bond acceptors (Lipinski definition) is 7. The average molecular weight is 418 g/mol. The highest BCUT2D eigenvalue weighted by Gasteiger charge is 2.25. The predicted molar refractivity (Wildman–Crippen MR) is 115 cm³/mol. The zero-order chi connectivity index (χ0) is 21.5. The quantitative estimate of drug-likeness (QED) is 0.358. The number of aryl methyl sites for hydroxylation is 1. The van der Waals surface area contributed by atoms with Crippen LogP contribution in [-0.2, 0) is 4.79 Å². The molecule has 1 aliphatic carbocycles. The lowest BCUT2D eigenvalue weighted by atomic mass is 10.1. The molecule has 2 aliphatic rings. The van der Waals surface area contributed by atoms with Gasteiger partial charge in [0.05, 0.1) is 17.9 Å². The van der Waals surface area contributed by atoms with Crippen molar-refractivity contribution in [3.8, 4) is 0 Å². The third kappa shape index (κ3) is 3.91. The Labute approximate surface area is 178 Å². The number of urea groups is 1. The first-order valence-electron chi connectivity index (χ1n) is 10.1. The fourth-order valence-electron chi connectivity index (χ4n) is 3.43. The van der Waals surface area contributed by atoms with Crippen LogP contribution in [0.25, 0.3) is 11.7 Å². The topological polar surface area (TPSA) is 125 Å². The predicted octanol–water partition coefficient (Wildman–Crippen LogP) is 2.36. The molecule has 3 amide bonds. The largest absolute Gasteiger partial charge is 0.367 e. The van der Waals surface area contributed by atoms with E-state index in [1.165, 1.54) is 0 Å². The first kappa shape index (κ1) is 19.0. The molecule has 5 rings (SSSR count). The van der Waals surface area contributed by atoms with Crippen molar-refractivity contribution in [1.82, 2.24) is 30.2 Å². The van der Waals surface area contributed by atoms with Crippen LogP contribution in [0.1, 0.15) is 42.6 Å². The number of fused-ring (bicyclic) bond motifs is 1. The van der Waals surface area contributed by atoms with Crippen LogP contribution in [0.3, 0.4) is 0 Å². The fourth-order valence-corrected chi connectivity index (χ4v) is 3.43. The van der Waals surface area contributed by atoms with Crippen molar-refractivity contribution in [1.29, 1.82) is 0 Å². The van der Waals surface area contributed by atoms with Gasteiger partial charge in [0.1, 0.15) is 17.3 Å². The van der Waals surface area contributed by atoms with E-state index in [1.54, 1.807) is 23.0 Å². The number of nitrogens with zero attached hydrogens (tertiary/aromatic N) is 4. The Kier molecular flexibility index (Phi) is 4.54. The fraction of sp³-hybridized carbons (Fsp3) is 0.286. The number of rotatable bonds is 6. The summed E-state index contributed by atoms with van der Waals surface area (Å²) in [6, 6.07) is 5.73. The zero-order valence-electron chi connectivity index (χ0n) is 17.1. The summed E-state index contributed by atoms with van der Waals surface area (Å²) in [5.74, 6) is 0.990. The monoisotopic (exact) mass is 418 g/mol. The third-order valence-electron chi connectivity index (χ3n) is 5.19. The van der Waals surface area contributed by atoms with E-state index >= 15 is 0 Å². The van der Waals surface area contributed by atoms with Gasteiger partial charge in [-0.2, -0.15) is 9.61 Å². The number of anilines is 2. The first-order chi connectivity index (χ1) is 15.0. The smallest absolute Gasteiger partial charge is 0.326 e. The van der Waals surface area contributed by atoms with E-state index in [2.05, 4.69) is 31.3 Å². The van der Waals surface area contributed by atoms with Gasteiger partial charge >= 0.3 is 6.03 Å².